The Balaban J connectivity index is 1.82. The first kappa shape index (κ1) is 27.9. The van der Waals surface area contributed by atoms with Crippen LogP contribution in [0.4, 0.5) is 0 Å². The summed E-state index contributed by atoms with van der Waals surface area (Å²) in [6.07, 6.45) is 1.63. The Morgan fingerprint density at radius 1 is 1.20 bits per heavy atom. The van der Waals surface area contributed by atoms with Crippen molar-refractivity contribution >= 4 is 27.6 Å². The lowest BCUT2D eigenvalue weighted by atomic mass is 9.73. The van der Waals surface area contributed by atoms with Gasteiger partial charge in [0.05, 0.1) is 52.7 Å². The molecule has 3 aliphatic heterocycles. The normalized spacial score (nSPS) is 39.4. The fourth-order valence-electron chi connectivity index (χ4n) is 4.85. The molecule has 2 fully saturated rings. The summed E-state index contributed by atoms with van der Waals surface area (Å²) in [6.45, 7) is 10.3. The van der Waals surface area contributed by atoms with Crippen LogP contribution >= 0.6 is 0 Å². The molecule has 2 unspecified atom stereocenters. The van der Waals surface area contributed by atoms with Gasteiger partial charge in [-0.05, 0) is 44.3 Å². The fourth-order valence-corrected chi connectivity index (χ4v) is 5.56. The van der Waals surface area contributed by atoms with Crippen LogP contribution in [0.25, 0.3) is 0 Å². The number of aliphatic imine (C=N–C) groups is 1. The van der Waals surface area contributed by atoms with E-state index in [0.717, 1.165) is 24.8 Å². The second-order valence-corrected chi connectivity index (χ2v) is 12.2. The monoisotopic (exact) mass is 509 g/mol. The van der Waals surface area contributed by atoms with Gasteiger partial charge in [0.15, 0.2) is 0 Å². The zero-order chi connectivity index (χ0) is 26.1. The van der Waals surface area contributed by atoms with Gasteiger partial charge in [-0.25, -0.2) is 9.20 Å². The molecule has 0 aromatic rings. The van der Waals surface area contributed by atoms with E-state index in [1.54, 1.807) is 39.2 Å². The first-order valence-corrected chi connectivity index (χ1v) is 13.6. The van der Waals surface area contributed by atoms with E-state index in [1.165, 1.54) is 0 Å². The van der Waals surface area contributed by atoms with E-state index in [2.05, 4.69) is 4.99 Å². The largest absolute Gasteiger partial charge is 0.458 e. The van der Waals surface area contributed by atoms with Crippen LogP contribution in [0.3, 0.4) is 0 Å². The quantitative estimate of drug-likeness (QED) is 0.432. The second-order valence-electron chi connectivity index (χ2n) is 10.8. The van der Waals surface area contributed by atoms with Gasteiger partial charge in [0, 0.05) is 17.7 Å². The van der Waals surface area contributed by atoms with Crippen LogP contribution in [-0.2, 0) is 29.9 Å². The minimum absolute atomic E-state index is 0.0527. The summed E-state index contributed by atoms with van der Waals surface area (Å²) < 4.78 is 23.5. The van der Waals surface area contributed by atoms with Gasteiger partial charge >= 0.3 is 5.97 Å². The standard InChI is InChI=1S/C26H39NO7S/c1-14-8-7-9-19-21(33-19)11-20(15(2)10-18-13-35(32)17(4)27-18)34-23(29)12-22(28)26(5,6)25(31)16(3)24(14)30/h10,13-14,16,19-22,24,28,30H,7-9,11-12H2,1-6H3/b15-10+/t14-,16+,19+,20-,21-,22-,24?,35?/m0/s1. The number of nitrogens with zero attached hydrogens (tertiary/aromatic N) is 1. The number of cyclic esters (lactones) is 1. The Labute approximate surface area is 210 Å². The molecule has 2 saturated heterocycles. The maximum absolute atomic E-state index is 13.2. The van der Waals surface area contributed by atoms with Gasteiger partial charge in [-0.15, -0.1) is 0 Å². The third-order valence-electron chi connectivity index (χ3n) is 7.58. The number of aliphatic hydroxyl groups excluding tert-OH is 2. The number of esters is 1. The number of hydrogen-bond acceptors (Lipinski definition) is 8. The molecule has 196 valence electrons. The number of fused-ring (bicyclic) bond motifs is 1. The van der Waals surface area contributed by atoms with Gasteiger partial charge in [0.2, 0.25) is 0 Å². The number of hydrogen-bond donors (Lipinski definition) is 2. The number of carbonyl (C=O) groups is 2. The molecule has 0 bridgehead atoms. The Hall–Kier alpha value is -1.68. The predicted octanol–water partition coefficient (Wildman–Crippen LogP) is 3.19. The zero-order valence-electron chi connectivity index (χ0n) is 21.5. The van der Waals surface area contributed by atoms with Crippen LogP contribution in [0.5, 0.6) is 0 Å². The molecule has 8 atom stereocenters. The van der Waals surface area contributed by atoms with Crippen molar-refractivity contribution in [2.45, 2.75) is 104 Å². The highest BCUT2D eigenvalue weighted by Crippen LogP contribution is 2.36. The summed E-state index contributed by atoms with van der Waals surface area (Å²) >= 11 is 0. The summed E-state index contributed by atoms with van der Waals surface area (Å²) in [4.78, 5) is 30.3. The van der Waals surface area contributed by atoms with Crippen LogP contribution < -0.4 is 0 Å². The van der Waals surface area contributed by atoms with Gasteiger partial charge in [-0.2, -0.15) is 0 Å². The van der Waals surface area contributed by atoms with Crippen LogP contribution in [0, 0.1) is 17.3 Å². The van der Waals surface area contributed by atoms with E-state index in [1.807, 2.05) is 13.8 Å². The minimum Gasteiger partial charge on any atom is -0.458 e. The van der Waals surface area contributed by atoms with Crippen molar-refractivity contribution < 1.29 is 33.5 Å². The average Bonchev–Trinajstić information content (AvgIpc) is 3.44. The molecule has 0 aromatic carbocycles. The van der Waals surface area contributed by atoms with Crippen molar-refractivity contribution in [3.63, 3.8) is 0 Å². The number of allylic oxidation sites excluding steroid dienone is 1. The van der Waals surface area contributed by atoms with Gasteiger partial charge in [-0.1, -0.05) is 34.1 Å². The highest BCUT2D eigenvalue weighted by Gasteiger charge is 2.44. The summed E-state index contributed by atoms with van der Waals surface area (Å²) in [5.74, 6) is -1.65. The predicted molar refractivity (Wildman–Crippen MR) is 134 cm³/mol. The Morgan fingerprint density at radius 3 is 2.51 bits per heavy atom. The summed E-state index contributed by atoms with van der Waals surface area (Å²) in [5.41, 5.74) is 0.0698. The van der Waals surface area contributed by atoms with Crippen molar-refractivity contribution in [2.24, 2.45) is 22.2 Å². The van der Waals surface area contributed by atoms with Crippen molar-refractivity contribution in [1.29, 1.82) is 0 Å². The van der Waals surface area contributed by atoms with Gasteiger partial charge in [0.25, 0.3) is 0 Å². The molecule has 2 N–H and O–H groups in total. The molecule has 0 saturated carbocycles. The molecular formula is C26H39NO7S. The number of ketones is 1. The number of carbonyl (C=O) groups excluding carboxylic acids is 2. The van der Waals surface area contributed by atoms with Gasteiger partial charge < -0.3 is 19.7 Å². The molecule has 0 aromatic heterocycles. The SMILES string of the molecule is CC1=NC(/C=C(\C)[C@@H]2C[C@@H]3O[C@@H]3CCC[C@H](C)C(O)[C@@H](C)C(=O)C(C)(C)[C@@H](O)CC(=O)O2)=CS1=O. The molecule has 0 radical (unpaired) electrons. The third kappa shape index (κ3) is 6.76. The minimum atomic E-state index is -1.26. The van der Waals surface area contributed by atoms with E-state index in [-0.39, 0.29) is 30.3 Å². The van der Waals surface area contributed by atoms with E-state index in [4.69, 9.17) is 9.47 Å². The summed E-state index contributed by atoms with van der Waals surface area (Å²) in [7, 11) is -1.24. The van der Waals surface area contributed by atoms with Crippen LogP contribution in [0.15, 0.2) is 27.7 Å². The van der Waals surface area contributed by atoms with Crippen molar-refractivity contribution in [3.8, 4) is 0 Å². The van der Waals surface area contributed by atoms with Gasteiger partial charge in [-0.3, -0.25) is 9.59 Å². The highest BCUT2D eigenvalue weighted by molar-refractivity contribution is 8.03. The molecule has 0 aliphatic carbocycles. The number of aliphatic hydroxyl groups is 2. The van der Waals surface area contributed by atoms with E-state index >= 15 is 0 Å². The molecular weight excluding hydrogens is 470 g/mol. The fraction of sp³-hybridized carbons (Fsp3) is 0.731. The lowest BCUT2D eigenvalue weighted by molar-refractivity contribution is -0.154. The van der Waals surface area contributed by atoms with Crippen molar-refractivity contribution in [3.05, 3.63) is 22.8 Å². The zero-order valence-corrected chi connectivity index (χ0v) is 22.3. The van der Waals surface area contributed by atoms with Crippen LogP contribution in [0.2, 0.25) is 0 Å². The Bertz CT molecular complexity index is 953. The summed E-state index contributed by atoms with van der Waals surface area (Å²) in [5, 5.41) is 23.7. The first-order chi connectivity index (χ1) is 16.3. The number of Topliss-reactive ketones (excluding diaryl/α,β-unsaturated/α-hetero) is 1. The highest BCUT2D eigenvalue weighted by atomic mass is 32.2. The lowest BCUT2D eigenvalue weighted by Crippen LogP contribution is -2.45. The molecule has 0 amide bonds. The lowest BCUT2D eigenvalue weighted by Gasteiger charge is -2.34. The average molecular weight is 510 g/mol. The number of epoxide rings is 1. The smallest absolute Gasteiger partial charge is 0.309 e. The Morgan fingerprint density at radius 2 is 1.89 bits per heavy atom. The maximum Gasteiger partial charge on any atom is 0.309 e. The van der Waals surface area contributed by atoms with E-state index in [9.17, 15) is 24.0 Å². The Kier molecular flexibility index (Phi) is 8.89. The topological polar surface area (TPSA) is 126 Å². The first-order valence-electron chi connectivity index (χ1n) is 12.4. The second kappa shape index (κ2) is 11.2. The molecule has 8 nitrogen and oxygen atoms in total. The molecule has 0 spiro atoms. The van der Waals surface area contributed by atoms with E-state index in [0.29, 0.717) is 17.2 Å². The van der Waals surface area contributed by atoms with E-state index < -0.39 is 46.4 Å². The molecule has 3 heterocycles. The molecule has 3 rings (SSSR count). The van der Waals surface area contributed by atoms with Crippen molar-refractivity contribution in [2.75, 3.05) is 0 Å². The maximum atomic E-state index is 13.2. The van der Waals surface area contributed by atoms with Crippen LogP contribution in [-0.4, -0.2) is 61.7 Å². The van der Waals surface area contributed by atoms with Crippen LogP contribution in [0.1, 0.15) is 73.6 Å². The van der Waals surface area contributed by atoms with Gasteiger partial charge in [0.1, 0.15) is 16.9 Å². The number of ether oxygens (including phenoxy) is 2. The third-order valence-corrected chi connectivity index (χ3v) is 8.71. The molecule has 9 heteroatoms. The molecule has 3 aliphatic rings. The number of rotatable bonds is 2. The summed E-state index contributed by atoms with van der Waals surface area (Å²) in [6, 6.07) is 0. The van der Waals surface area contributed by atoms with Crippen molar-refractivity contribution in [1.82, 2.24) is 0 Å². The molecule has 35 heavy (non-hydrogen) atoms.